The van der Waals surface area contributed by atoms with E-state index in [-0.39, 0.29) is 48.8 Å². The van der Waals surface area contributed by atoms with Gasteiger partial charge in [-0.15, -0.1) is 0 Å². The molecule has 1 saturated heterocycles. The van der Waals surface area contributed by atoms with Gasteiger partial charge < -0.3 is 20.1 Å². The number of ketones is 1. The molecule has 38 heavy (non-hydrogen) atoms. The number of pyridine rings is 1. The molecule has 3 aliphatic heterocycles. The molecule has 1 aromatic heterocycles. The number of nitrogens with zero attached hydrogens (tertiary/aromatic N) is 3. The Morgan fingerprint density at radius 2 is 1.63 bits per heavy atom. The molecule has 1 unspecified atom stereocenters. The fourth-order valence-corrected chi connectivity index (χ4v) is 7.00. The van der Waals surface area contributed by atoms with Crippen LogP contribution >= 0.6 is 0 Å². The molecule has 5 rings (SSSR count). The third-order valence-electron chi connectivity index (χ3n) is 7.17. The SMILES string of the molecule is O=C1CNC2=C1N(C(=O)CCC(=O)N1CCN(c3ccccc3)CC1)C(S(=O)(=O)Cc1ccc[nH]c1=O)C2. The molecule has 0 radical (unpaired) electrons. The topological polar surface area (TPSA) is 140 Å². The van der Waals surface area contributed by atoms with Crippen molar-refractivity contribution < 1.29 is 22.8 Å². The monoisotopic (exact) mass is 539 g/mol. The number of hydrogen-bond donors (Lipinski definition) is 2. The van der Waals surface area contributed by atoms with Crippen molar-refractivity contribution in [2.24, 2.45) is 0 Å². The maximum Gasteiger partial charge on any atom is 0.252 e. The Labute approximate surface area is 220 Å². The molecule has 2 amide bonds. The van der Waals surface area contributed by atoms with E-state index in [2.05, 4.69) is 15.2 Å². The molecule has 11 nitrogen and oxygen atoms in total. The number of aromatic amines is 1. The minimum Gasteiger partial charge on any atom is -0.379 e. The lowest BCUT2D eigenvalue weighted by atomic mass is 10.2. The molecule has 0 bridgehead atoms. The number of carbonyl (C=O) groups excluding carboxylic acids is 3. The lowest BCUT2D eigenvalue weighted by Gasteiger charge is -2.36. The number of para-hydroxylation sites is 1. The van der Waals surface area contributed by atoms with Crippen molar-refractivity contribution in [3.8, 4) is 0 Å². The summed E-state index contributed by atoms with van der Waals surface area (Å²) in [5.41, 5.74) is 1.07. The van der Waals surface area contributed by atoms with Gasteiger partial charge in [0, 0.05) is 68.6 Å². The van der Waals surface area contributed by atoms with E-state index in [1.165, 1.54) is 18.3 Å². The first-order valence-corrected chi connectivity index (χ1v) is 14.2. The first-order chi connectivity index (χ1) is 18.2. The lowest BCUT2D eigenvalue weighted by molar-refractivity contribution is -0.137. The zero-order chi connectivity index (χ0) is 26.9. The molecule has 3 aliphatic rings. The second-order valence-electron chi connectivity index (χ2n) is 9.56. The predicted octanol–water partition coefficient (Wildman–Crippen LogP) is 0.361. The van der Waals surface area contributed by atoms with Gasteiger partial charge in [-0.3, -0.25) is 24.1 Å². The maximum absolute atomic E-state index is 13.3. The minimum atomic E-state index is -4.04. The van der Waals surface area contributed by atoms with Crippen molar-refractivity contribution in [1.29, 1.82) is 0 Å². The lowest BCUT2D eigenvalue weighted by Crippen LogP contribution is -2.49. The van der Waals surface area contributed by atoms with E-state index in [0.717, 1.165) is 10.6 Å². The highest BCUT2D eigenvalue weighted by Crippen LogP contribution is 2.35. The van der Waals surface area contributed by atoms with Gasteiger partial charge in [0.25, 0.3) is 5.56 Å². The van der Waals surface area contributed by atoms with Crippen LogP contribution in [0.5, 0.6) is 0 Å². The zero-order valence-corrected chi connectivity index (χ0v) is 21.6. The fraction of sp³-hybridized carbons (Fsp3) is 0.385. The maximum atomic E-state index is 13.3. The second-order valence-corrected chi connectivity index (χ2v) is 11.7. The van der Waals surface area contributed by atoms with Crippen LogP contribution in [0.25, 0.3) is 0 Å². The van der Waals surface area contributed by atoms with E-state index < -0.39 is 32.4 Å². The van der Waals surface area contributed by atoms with Crippen LogP contribution in [0, 0.1) is 0 Å². The third-order valence-corrected chi connectivity index (χ3v) is 9.09. The van der Waals surface area contributed by atoms with E-state index in [1.807, 2.05) is 30.3 Å². The van der Waals surface area contributed by atoms with Crippen LogP contribution in [0.4, 0.5) is 5.69 Å². The molecule has 200 valence electrons. The van der Waals surface area contributed by atoms with Gasteiger partial charge >= 0.3 is 0 Å². The number of H-pyrrole nitrogens is 1. The number of benzene rings is 1. The number of nitrogens with one attached hydrogen (secondary N) is 2. The number of aromatic nitrogens is 1. The standard InChI is InChI=1S/C26H29N5O6S/c32-21-16-28-20-15-24(38(36,37)17-18-5-4-10-27-26(18)35)31(25(20)21)23(34)9-8-22(33)30-13-11-29(12-14-30)19-6-2-1-3-7-19/h1-7,10,24,28H,8-9,11-17H2,(H,27,35). The Hall–Kier alpha value is -3.93. The van der Waals surface area contributed by atoms with Crippen LogP contribution in [-0.2, 0) is 30.0 Å². The van der Waals surface area contributed by atoms with E-state index in [4.69, 9.17) is 0 Å². The van der Waals surface area contributed by atoms with Gasteiger partial charge in [0.2, 0.25) is 11.8 Å². The zero-order valence-electron chi connectivity index (χ0n) is 20.8. The van der Waals surface area contributed by atoms with Crippen LogP contribution in [0.15, 0.2) is 64.9 Å². The summed E-state index contributed by atoms with van der Waals surface area (Å²) in [6, 6.07) is 12.9. The Kier molecular flexibility index (Phi) is 7.06. The first kappa shape index (κ1) is 25.7. The molecule has 0 spiro atoms. The molecule has 2 N–H and O–H groups in total. The van der Waals surface area contributed by atoms with Crippen molar-refractivity contribution in [3.05, 3.63) is 76.0 Å². The van der Waals surface area contributed by atoms with Crippen LogP contribution in [-0.4, -0.2) is 78.9 Å². The highest BCUT2D eigenvalue weighted by Gasteiger charge is 2.47. The Balaban J connectivity index is 1.25. The summed E-state index contributed by atoms with van der Waals surface area (Å²) >= 11 is 0. The number of hydrogen-bond acceptors (Lipinski definition) is 8. The van der Waals surface area contributed by atoms with E-state index in [1.54, 1.807) is 4.90 Å². The number of piperazine rings is 1. The number of carbonyl (C=O) groups is 3. The van der Waals surface area contributed by atoms with Crippen LogP contribution in [0.2, 0.25) is 0 Å². The van der Waals surface area contributed by atoms with Crippen molar-refractivity contribution in [2.75, 3.05) is 37.6 Å². The van der Waals surface area contributed by atoms with Gasteiger partial charge in [-0.1, -0.05) is 24.3 Å². The number of sulfone groups is 1. The van der Waals surface area contributed by atoms with Gasteiger partial charge in [0.1, 0.15) is 11.1 Å². The largest absolute Gasteiger partial charge is 0.379 e. The quantitative estimate of drug-likeness (QED) is 0.514. The summed E-state index contributed by atoms with van der Waals surface area (Å²) < 4.78 is 26.7. The number of Topliss-reactive ketones (excluding diaryl/α,β-unsaturated/α-hetero) is 1. The van der Waals surface area contributed by atoms with Crippen molar-refractivity contribution >= 4 is 33.1 Å². The molecule has 0 aliphatic carbocycles. The normalized spacial score (nSPS) is 19.5. The average Bonchev–Trinajstić information content (AvgIpc) is 3.49. The summed E-state index contributed by atoms with van der Waals surface area (Å²) in [6.07, 6.45) is 1.03. The number of amides is 2. The fourth-order valence-electron chi connectivity index (χ4n) is 5.18. The van der Waals surface area contributed by atoms with Crippen LogP contribution in [0.1, 0.15) is 24.8 Å². The molecular formula is C26H29N5O6S. The summed E-state index contributed by atoms with van der Waals surface area (Å²) in [5, 5.41) is 1.57. The van der Waals surface area contributed by atoms with Crippen molar-refractivity contribution in [2.45, 2.75) is 30.4 Å². The molecular weight excluding hydrogens is 510 g/mol. The van der Waals surface area contributed by atoms with E-state index in [9.17, 15) is 27.6 Å². The molecule has 4 heterocycles. The number of rotatable bonds is 7. The molecule has 1 atom stereocenters. The Morgan fingerprint density at radius 3 is 2.34 bits per heavy atom. The summed E-state index contributed by atoms with van der Waals surface area (Å²) in [7, 11) is -4.04. The van der Waals surface area contributed by atoms with Gasteiger partial charge in [0.05, 0.1) is 12.3 Å². The van der Waals surface area contributed by atoms with Gasteiger partial charge in [0.15, 0.2) is 15.6 Å². The number of anilines is 1. The second kappa shape index (κ2) is 10.4. The molecule has 12 heteroatoms. The minimum absolute atomic E-state index is 0.00973. The highest BCUT2D eigenvalue weighted by atomic mass is 32.2. The van der Waals surface area contributed by atoms with Crippen LogP contribution < -0.4 is 15.8 Å². The van der Waals surface area contributed by atoms with E-state index in [0.29, 0.717) is 31.9 Å². The van der Waals surface area contributed by atoms with Gasteiger partial charge in [-0.2, -0.15) is 0 Å². The Morgan fingerprint density at radius 1 is 0.921 bits per heavy atom. The summed E-state index contributed by atoms with van der Waals surface area (Å²) in [6.45, 7) is 2.37. The van der Waals surface area contributed by atoms with Gasteiger partial charge in [-0.25, -0.2) is 8.42 Å². The predicted molar refractivity (Wildman–Crippen MR) is 139 cm³/mol. The third kappa shape index (κ3) is 5.08. The summed E-state index contributed by atoms with van der Waals surface area (Å²) in [5.74, 6) is -1.73. The van der Waals surface area contributed by atoms with Crippen LogP contribution in [0.3, 0.4) is 0 Å². The van der Waals surface area contributed by atoms with E-state index >= 15 is 0 Å². The smallest absolute Gasteiger partial charge is 0.252 e. The van der Waals surface area contributed by atoms with Crippen molar-refractivity contribution in [1.82, 2.24) is 20.1 Å². The van der Waals surface area contributed by atoms with Crippen molar-refractivity contribution in [3.63, 3.8) is 0 Å². The highest BCUT2D eigenvalue weighted by molar-refractivity contribution is 7.91. The molecule has 0 saturated carbocycles. The average molecular weight is 540 g/mol. The molecule has 2 aromatic rings. The molecule has 1 aromatic carbocycles. The van der Waals surface area contributed by atoms with Gasteiger partial charge in [-0.05, 0) is 18.2 Å². The Bertz CT molecular complexity index is 1440. The summed E-state index contributed by atoms with van der Waals surface area (Å²) in [4.78, 5) is 58.2. The molecule has 1 fully saturated rings. The first-order valence-electron chi connectivity index (χ1n) is 12.5.